The Bertz CT molecular complexity index is 345. The van der Waals surface area contributed by atoms with E-state index in [1.165, 1.54) is 44.9 Å². The third kappa shape index (κ3) is 4.10. The van der Waals surface area contributed by atoms with Crippen LogP contribution in [0.3, 0.4) is 0 Å². The molecule has 0 saturated heterocycles. The van der Waals surface area contributed by atoms with E-state index in [9.17, 15) is 0 Å². The van der Waals surface area contributed by atoms with Crippen LogP contribution < -0.4 is 5.32 Å². The standard InChI is InChI=1S/C16H27NS/c1-3-15-9-10-16(18-15)12-13-7-5-6-8-14(11-13)17-4-2/h9-10,13-14,17H,3-8,11-12H2,1-2H3. The fraction of sp³-hybridized carbons (Fsp3) is 0.750. The van der Waals surface area contributed by atoms with Crippen LogP contribution in [-0.2, 0) is 12.8 Å². The van der Waals surface area contributed by atoms with Crippen molar-refractivity contribution in [3.8, 4) is 0 Å². The molecule has 2 unspecified atom stereocenters. The number of hydrogen-bond donors (Lipinski definition) is 1. The van der Waals surface area contributed by atoms with Crippen LogP contribution in [0.1, 0.15) is 55.7 Å². The summed E-state index contributed by atoms with van der Waals surface area (Å²) in [5.41, 5.74) is 0. The first kappa shape index (κ1) is 14.1. The summed E-state index contributed by atoms with van der Waals surface area (Å²) in [5.74, 6) is 0.903. The summed E-state index contributed by atoms with van der Waals surface area (Å²) < 4.78 is 0. The first-order chi connectivity index (χ1) is 8.81. The van der Waals surface area contributed by atoms with Crippen molar-refractivity contribution in [2.24, 2.45) is 5.92 Å². The summed E-state index contributed by atoms with van der Waals surface area (Å²) in [6.07, 6.45) is 9.54. The second-order valence-corrected chi connectivity index (χ2v) is 6.82. The molecule has 0 aromatic carbocycles. The van der Waals surface area contributed by atoms with E-state index in [1.54, 1.807) is 9.75 Å². The molecule has 1 aliphatic carbocycles. The minimum absolute atomic E-state index is 0.771. The van der Waals surface area contributed by atoms with Gasteiger partial charge in [0.2, 0.25) is 0 Å². The Morgan fingerprint density at radius 2 is 1.94 bits per heavy atom. The number of rotatable bonds is 5. The molecule has 1 aliphatic rings. The van der Waals surface area contributed by atoms with Crippen LogP contribution in [-0.4, -0.2) is 12.6 Å². The normalized spacial score (nSPS) is 25.0. The molecule has 2 rings (SSSR count). The van der Waals surface area contributed by atoms with Gasteiger partial charge in [-0.2, -0.15) is 0 Å². The van der Waals surface area contributed by atoms with Gasteiger partial charge in [0.1, 0.15) is 0 Å². The van der Waals surface area contributed by atoms with E-state index in [4.69, 9.17) is 0 Å². The predicted molar refractivity (Wildman–Crippen MR) is 81.4 cm³/mol. The second-order valence-electron chi connectivity index (χ2n) is 5.57. The molecule has 0 spiro atoms. The molecule has 0 amide bonds. The fourth-order valence-corrected chi connectivity index (χ4v) is 4.20. The highest BCUT2D eigenvalue weighted by Gasteiger charge is 2.20. The highest BCUT2D eigenvalue weighted by molar-refractivity contribution is 7.11. The maximum Gasteiger partial charge on any atom is 0.00697 e. The van der Waals surface area contributed by atoms with Gasteiger partial charge in [0.05, 0.1) is 0 Å². The Morgan fingerprint density at radius 1 is 1.17 bits per heavy atom. The van der Waals surface area contributed by atoms with Crippen LogP contribution in [0.25, 0.3) is 0 Å². The lowest BCUT2D eigenvalue weighted by atomic mass is 9.94. The maximum absolute atomic E-state index is 3.66. The van der Waals surface area contributed by atoms with Crippen LogP contribution in [0, 0.1) is 5.92 Å². The molecule has 1 saturated carbocycles. The third-order valence-electron chi connectivity index (χ3n) is 4.08. The molecule has 0 aliphatic heterocycles. The zero-order chi connectivity index (χ0) is 12.8. The summed E-state index contributed by atoms with van der Waals surface area (Å²) in [6, 6.07) is 5.45. The Labute approximate surface area is 116 Å². The van der Waals surface area contributed by atoms with Crippen molar-refractivity contribution in [2.45, 2.75) is 64.8 Å². The van der Waals surface area contributed by atoms with Gasteiger partial charge in [-0.25, -0.2) is 0 Å². The minimum atomic E-state index is 0.771. The molecule has 2 heteroatoms. The van der Waals surface area contributed by atoms with E-state index in [2.05, 4.69) is 31.3 Å². The van der Waals surface area contributed by atoms with Crippen LogP contribution in [0.4, 0.5) is 0 Å². The molecule has 1 aromatic heterocycles. The van der Waals surface area contributed by atoms with Crippen molar-refractivity contribution < 1.29 is 0 Å². The van der Waals surface area contributed by atoms with Gasteiger partial charge in [0.25, 0.3) is 0 Å². The summed E-state index contributed by atoms with van der Waals surface area (Å²) >= 11 is 2.03. The van der Waals surface area contributed by atoms with E-state index in [1.807, 2.05) is 11.3 Å². The molecule has 102 valence electrons. The summed E-state index contributed by atoms with van der Waals surface area (Å²) in [7, 11) is 0. The second kappa shape index (κ2) is 7.30. The summed E-state index contributed by atoms with van der Waals surface area (Å²) in [6.45, 7) is 5.60. The van der Waals surface area contributed by atoms with Crippen LogP contribution in [0.15, 0.2) is 12.1 Å². The van der Waals surface area contributed by atoms with Crippen molar-refractivity contribution in [2.75, 3.05) is 6.54 Å². The average Bonchev–Trinajstić information content (AvgIpc) is 2.70. The van der Waals surface area contributed by atoms with E-state index in [0.29, 0.717) is 0 Å². The van der Waals surface area contributed by atoms with Crippen molar-refractivity contribution in [3.63, 3.8) is 0 Å². The Hall–Kier alpha value is -0.340. The molecule has 18 heavy (non-hydrogen) atoms. The number of aryl methyl sites for hydroxylation is 1. The van der Waals surface area contributed by atoms with Crippen LogP contribution in [0.2, 0.25) is 0 Å². The molecule has 1 heterocycles. The van der Waals surface area contributed by atoms with Crippen molar-refractivity contribution in [3.05, 3.63) is 21.9 Å². The van der Waals surface area contributed by atoms with Crippen molar-refractivity contribution >= 4 is 11.3 Å². The zero-order valence-electron chi connectivity index (χ0n) is 11.9. The van der Waals surface area contributed by atoms with Gasteiger partial charge in [-0.05, 0) is 50.3 Å². The molecule has 0 radical (unpaired) electrons. The Balaban J connectivity index is 1.90. The van der Waals surface area contributed by atoms with Gasteiger partial charge in [-0.1, -0.05) is 33.1 Å². The monoisotopic (exact) mass is 265 g/mol. The van der Waals surface area contributed by atoms with Gasteiger partial charge >= 0.3 is 0 Å². The van der Waals surface area contributed by atoms with E-state index in [0.717, 1.165) is 18.5 Å². The van der Waals surface area contributed by atoms with Gasteiger partial charge in [-0.3, -0.25) is 0 Å². The summed E-state index contributed by atoms with van der Waals surface area (Å²) in [4.78, 5) is 3.15. The third-order valence-corrected chi connectivity index (χ3v) is 5.33. The molecule has 1 nitrogen and oxygen atoms in total. The lowest BCUT2D eigenvalue weighted by molar-refractivity contribution is 0.391. The Kier molecular flexibility index (Phi) is 5.71. The molecule has 0 bridgehead atoms. The lowest BCUT2D eigenvalue weighted by Crippen LogP contribution is -2.30. The van der Waals surface area contributed by atoms with E-state index in [-0.39, 0.29) is 0 Å². The highest BCUT2D eigenvalue weighted by atomic mass is 32.1. The van der Waals surface area contributed by atoms with Crippen molar-refractivity contribution in [1.82, 2.24) is 5.32 Å². The first-order valence-electron chi connectivity index (χ1n) is 7.62. The van der Waals surface area contributed by atoms with E-state index >= 15 is 0 Å². The molecular weight excluding hydrogens is 238 g/mol. The summed E-state index contributed by atoms with van der Waals surface area (Å²) in [5, 5.41) is 3.66. The fourth-order valence-electron chi connectivity index (χ4n) is 3.13. The van der Waals surface area contributed by atoms with Crippen LogP contribution >= 0.6 is 11.3 Å². The minimum Gasteiger partial charge on any atom is -0.314 e. The molecule has 1 N–H and O–H groups in total. The predicted octanol–water partition coefficient (Wildman–Crippen LogP) is 4.41. The maximum atomic E-state index is 3.66. The largest absolute Gasteiger partial charge is 0.314 e. The van der Waals surface area contributed by atoms with E-state index < -0.39 is 0 Å². The molecule has 1 fully saturated rings. The first-order valence-corrected chi connectivity index (χ1v) is 8.44. The van der Waals surface area contributed by atoms with Gasteiger partial charge in [0.15, 0.2) is 0 Å². The average molecular weight is 265 g/mol. The van der Waals surface area contributed by atoms with Crippen LogP contribution in [0.5, 0.6) is 0 Å². The number of nitrogens with one attached hydrogen (secondary N) is 1. The topological polar surface area (TPSA) is 12.0 Å². The molecule has 2 atom stereocenters. The van der Waals surface area contributed by atoms with Crippen molar-refractivity contribution in [1.29, 1.82) is 0 Å². The highest BCUT2D eigenvalue weighted by Crippen LogP contribution is 2.29. The van der Waals surface area contributed by atoms with Gasteiger partial charge in [-0.15, -0.1) is 11.3 Å². The Morgan fingerprint density at radius 3 is 2.67 bits per heavy atom. The molecule has 1 aromatic rings. The SMILES string of the molecule is CCNC1CCCCC(Cc2ccc(CC)s2)C1. The van der Waals surface area contributed by atoms with Gasteiger partial charge < -0.3 is 5.32 Å². The lowest BCUT2D eigenvalue weighted by Gasteiger charge is -2.20. The number of hydrogen-bond acceptors (Lipinski definition) is 2. The smallest absolute Gasteiger partial charge is 0.00697 e. The quantitative estimate of drug-likeness (QED) is 0.778. The zero-order valence-corrected chi connectivity index (χ0v) is 12.7. The molecular formula is C16H27NS. The van der Waals surface area contributed by atoms with Gasteiger partial charge in [0, 0.05) is 15.8 Å². The number of thiophene rings is 1.